The van der Waals surface area contributed by atoms with Crippen LogP contribution in [0.4, 0.5) is 0 Å². The van der Waals surface area contributed by atoms with Crippen molar-refractivity contribution in [2.24, 2.45) is 0 Å². The van der Waals surface area contributed by atoms with Crippen LogP contribution in [0.3, 0.4) is 0 Å². The Morgan fingerprint density at radius 2 is 0.769 bits per heavy atom. The van der Waals surface area contributed by atoms with Gasteiger partial charge in [-0.05, 0) is 68.6 Å². The second-order valence-electron chi connectivity index (χ2n) is 16.6. The number of nitrogens with zero attached hydrogens (tertiary/aromatic N) is 4. The van der Waals surface area contributed by atoms with Gasteiger partial charge in [0.1, 0.15) is 11.2 Å². The van der Waals surface area contributed by atoms with E-state index < -0.39 is 0 Å². The van der Waals surface area contributed by atoms with Crippen LogP contribution >= 0.6 is 0 Å². The van der Waals surface area contributed by atoms with Gasteiger partial charge in [0.05, 0.1) is 11.2 Å². The molecule has 3 aromatic heterocycles. The number of para-hydroxylation sites is 2. The van der Waals surface area contributed by atoms with Gasteiger partial charge in [0.25, 0.3) is 0 Å². The maximum absolute atomic E-state index is 6.70. The van der Waals surface area contributed by atoms with Gasteiger partial charge in [-0.15, -0.1) is 0 Å². The summed E-state index contributed by atoms with van der Waals surface area (Å²) < 4.78 is 6.70. The Labute approximate surface area is 374 Å². The van der Waals surface area contributed by atoms with Crippen LogP contribution in [-0.2, 0) is 0 Å². The molecule has 0 radical (unpaired) electrons. The lowest BCUT2D eigenvalue weighted by molar-refractivity contribution is 0.669. The first kappa shape index (κ1) is 36.8. The van der Waals surface area contributed by atoms with Crippen molar-refractivity contribution in [1.82, 2.24) is 19.9 Å². The molecule has 0 bridgehead atoms. The highest BCUT2D eigenvalue weighted by Crippen LogP contribution is 2.46. The lowest BCUT2D eigenvalue weighted by Gasteiger charge is -2.16. The lowest BCUT2D eigenvalue weighted by Crippen LogP contribution is -2.00. The summed E-state index contributed by atoms with van der Waals surface area (Å²) in [4.78, 5) is 20.8. The summed E-state index contributed by atoms with van der Waals surface area (Å²) in [5.41, 5.74) is 11.8. The number of rotatable bonds is 6. The van der Waals surface area contributed by atoms with Crippen LogP contribution in [0.1, 0.15) is 0 Å². The number of hydrogen-bond acceptors (Lipinski definition) is 5. The monoisotopic (exact) mass is 828 g/mol. The smallest absolute Gasteiger partial charge is 0.164 e. The van der Waals surface area contributed by atoms with E-state index in [-0.39, 0.29) is 0 Å². The predicted octanol–water partition coefficient (Wildman–Crippen LogP) is 15.8. The van der Waals surface area contributed by atoms with Crippen molar-refractivity contribution < 1.29 is 4.42 Å². The normalized spacial score (nSPS) is 11.7. The summed E-state index contributed by atoms with van der Waals surface area (Å²) in [7, 11) is 0. The Balaban J connectivity index is 1.01. The van der Waals surface area contributed by atoms with Crippen molar-refractivity contribution in [3.8, 4) is 67.7 Å². The van der Waals surface area contributed by atoms with Crippen molar-refractivity contribution in [3.05, 3.63) is 218 Å². The molecule has 0 amide bonds. The van der Waals surface area contributed by atoms with E-state index in [0.717, 1.165) is 99.0 Å². The third-order valence-corrected chi connectivity index (χ3v) is 12.7. The summed E-state index contributed by atoms with van der Waals surface area (Å²) in [5, 5.41) is 9.97. The average Bonchev–Trinajstić information content (AvgIpc) is 3.76. The highest BCUT2D eigenvalue weighted by atomic mass is 16.3. The van der Waals surface area contributed by atoms with Gasteiger partial charge in [-0.3, -0.25) is 0 Å². The molecule has 5 nitrogen and oxygen atoms in total. The fraction of sp³-hybridized carbons (Fsp3) is 0. The molecule has 302 valence electrons. The molecule has 65 heavy (non-hydrogen) atoms. The van der Waals surface area contributed by atoms with Crippen LogP contribution in [-0.4, -0.2) is 19.9 Å². The fourth-order valence-electron chi connectivity index (χ4n) is 9.48. The Hall–Kier alpha value is -8.80. The highest BCUT2D eigenvalue weighted by Gasteiger charge is 2.22. The van der Waals surface area contributed by atoms with Crippen molar-refractivity contribution in [2.45, 2.75) is 0 Å². The Morgan fingerprint density at radius 3 is 1.45 bits per heavy atom. The lowest BCUT2D eigenvalue weighted by atomic mass is 9.89. The molecule has 5 heteroatoms. The molecule has 0 aliphatic rings. The second-order valence-corrected chi connectivity index (χ2v) is 16.6. The molecule has 0 atom stereocenters. The van der Waals surface area contributed by atoms with Gasteiger partial charge < -0.3 is 4.42 Å². The first-order valence-electron chi connectivity index (χ1n) is 21.9. The zero-order chi connectivity index (χ0) is 42.8. The number of pyridine rings is 1. The average molecular weight is 829 g/mol. The number of aromatic nitrogens is 4. The van der Waals surface area contributed by atoms with Crippen LogP contribution in [0, 0.1) is 0 Å². The van der Waals surface area contributed by atoms with Gasteiger partial charge in [-0.2, -0.15) is 0 Å². The summed E-state index contributed by atoms with van der Waals surface area (Å²) in [6.07, 6.45) is 0. The molecule has 0 unspecified atom stereocenters. The van der Waals surface area contributed by atoms with E-state index >= 15 is 0 Å². The molecular weight excluding hydrogens is 793 g/mol. The van der Waals surface area contributed by atoms with E-state index in [4.69, 9.17) is 24.4 Å². The molecule has 0 fully saturated rings. The Morgan fingerprint density at radius 1 is 0.277 bits per heavy atom. The molecule has 10 aromatic carbocycles. The van der Waals surface area contributed by atoms with Gasteiger partial charge in [0, 0.05) is 54.7 Å². The molecule has 0 saturated heterocycles. The van der Waals surface area contributed by atoms with Crippen molar-refractivity contribution in [2.75, 3.05) is 0 Å². The topological polar surface area (TPSA) is 64.7 Å². The quantitative estimate of drug-likeness (QED) is 0.156. The zero-order valence-electron chi connectivity index (χ0n) is 35.0. The van der Waals surface area contributed by atoms with Crippen LogP contribution in [0.5, 0.6) is 0 Å². The number of hydrogen-bond donors (Lipinski definition) is 0. The maximum atomic E-state index is 6.70. The Kier molecular flexibility index (Phi) is 8.46. The third kappa shape index (κ3) is 6.32. The maximum Gasteiger partial charge on any atom is 0.164 e. The van der Waals surface area contributed by atoms with Gasteiger partial charge >= 0.3 is 0 Å². The summed E-state index contributed by atoms with van der Waals surface area (Å²) >= 11 is 0. The van der Waals surface area contributed by atoms with Crippen LogP contribution < -0.4 is 0 Å². The summed E-state index contributed by atoms with van der Waals surface area (Å²) in [6, 6.07) is 76.4. The first-order chi connectivity index (χ1) is 32.2. The predicted molar refractivity (Wildman–Crippen MR) is 268 cm³/mol. The second kappa shape index (κ2) is 14.9. The third-order valence-electron chi connectivity index (χ3n) is 12.7. The largest absolute Gasteiger partial charge is 0.456 e. The van der Waals surface area contributed by atoms with Crippen molar-refractivity contribution in [1.29, 1.82) is 0 Å². The number of furan rings is 1. The molecule has 13 aromatic rings. The summed E-state index contributed by atoms with van der Waals surface area (Å²) in [5.74, 6) is 1.85. The van der Waals surface area contributed by atoms with E-state index in [1.165, 1.54) is 16.3 Å². The molecular formula is C60H36N4O. The van der Waals surface area contributed by atoms with E-state index in [1.54, 1.807) is 0 Å². The van der Waals surface area contributed by atoms with Gasteiger partial charge in [-0.1, -0.05) is 188 Å². The summed E-state index contributed by atoms with van der Waals surface area (Å²) in [6.45, 7) is 0. The van der Waals surface area contributed by atoms with Gasteiger partial charge in [0.2, 0.25) is 0 Å². The number of benzene rings is 10. The molecule has 13 rings (SSSR count). The highest BCUT2D eigenvalue weighted by molar-refractivity contribution is 6.27. The first-order valence-corrected chi connectivity index (χ1v) is 21.9. The SMILES string of the molecule is c1ccc(-c2ccc(-c3nc4ccccc4c4c(-c5ccc(-c6nc(-c7ccc8ccccc8c7)nc(-c7ccc8ccccc8c7)n6)cc5)c5c(cc34)oc3ccccc35)cc2)cc1. The van der Waals surface area contributed by atoms with E-state index in [0.29, 0.717) is 17.5 Å². The Bertz CT molecular complexity index is 3890. The van der Waals surface area contributed by atoms with E-state index in [9.17, 15) is 0 Å². The minimum Gasteiger partial charge on any atom is -0.456 e. The molecule has 0 aliphatic heterocycles. The fourth-order valence-corrected chi connectivity index (χ4v) is 9.48. The van der Waals surface area contributed by atoms with Crippen molar-refractivity contribution >= 4 is 65.2 Å². The van der Waals surface area contributed by atoms with Gasteiger partial charge in [-0.25, -0.2) is 19.9 Å². The van der Waals surface area contributed by atoms with Crippen LogP contribution in [0.25, 0.3) is 133 Å². The van der Waals surface area contributed by atoms with E-state index in [1.807, 2.05) is 18.2 Å². The number of fused-ring (bicyclic) bond motifs is 8. The molecule has 0 spiro atoms. The molecule has 0 N–H and O–H groups in total. The van der Waals surface area contributed by atoms with Gasteiger partial charge in [0.15, 0.2) is 17.5 Å². The molecule has 0 saturated carbocycles. The van der Waals surface area contributed by atoms with E-state index in [2.05, 4.69) is 200 Å². The van der Waals surface area contributed by atoms with Crippen LogP contribution in [0.15, 0.2) is 223 Å². The van der Waals surface area contributed by atoms with Crippen molar-refractivity contribution in [3.63, 3.8) is 0 Å². The molecule has 0 aliphatic carbocycles. The molecule has 3 heterocycles. The minimum absolute atomic E-state index is 0.602. The van der Waals surface area contributed by atoms with Crippen LogP contribution in [0.2, 0.25) is 0 Å². The zero-order valence-corrected chi connectivity index (χ0v) is 35.0. The standard InChI is InChI=1S/C60H36N4O/c1-2-12-37(13-3-1)40-22-28-42(29-23-40)57-50-36-53-56(49-19-9-11-21-52(49)65-53)54(55(50)48-18-8-10-20-51(48)61-57)41-26-30-43(31-27-41)58-62-59(46-32-24-38-14-4-6-16-44(38)34-46)64-60(63-58)47-33-25-39-15-5-7-17-45(39)35-47/h1-36H. The minimum atomic E-state index is 0.602.